The smallest absolute Gasteiger partial charge is 0.262 e. The molecular weight excluding hydrogens is 282 g/mol. The standard InChI is InChI=1S/C16H19N3O3/c20-16(12-22-14-5-2-1-3-6-14)18-13-9-17-19(10-13)11-15-7-4-8-21-15/h1-3,5-6,9-10,15H,4,7-8,11-12H2,(H,18,20). The number of benzene rings is 1. The van der Waals surface area contributed by atoms with Gasteiger partial charge in [0.05, 0.1) is 24.5 Å². The number of aromatic nitrogens is 2. The predicted molar refractivity (Wildman–Crippen MR) is 81.8 cm³/mol. The quantitative estimate of drug-likeness (QED) is 0.887. The fourth-order valence-corrected chi connectivity index (χ4v) is 2.39. The highest BCUT2D eigenvalue weighted by Crippen LogP contribution is 2.15. The zero-order chi connectivity index (χ0) is 15.2. The summed E-state index contributed by atoms with van der Waals surface area (Å²) in [7, 11) is 0. The van der Waals surface area contributed by atoms with Crippen LogP contribution in [0.15, 0.2) is 42.7 Å². The summed E-state index contributed by atoms with van der Waals surface area (Å²) in [6.45, 7) is 1.52. The minimum atomic E-state index is -0.208. The number of hydrogen-bond acceptors (Lipinski definition) is 4. The molecule has 3 rings (SSSR count). The van der Waals surface area contributed by atoms with Crippen molar-refractivity contribution < 1.29 is 14.3 Å². The highest BCUT2D eigenvalue weighted by Gasteiger charge is 2.16. The Bertz CT molecular complexity index is 606. The van der Waals surface area contributed by atoms with Crippen LogP contribution < -0.4 is 10.1 Å². The van der Waals surface area contributed by atoms with Crippen LogP contribution in [-0.2, 0) is 16.1 Å². The van der Waals surface area contributed by atoms with Crippen LogP contribution in [0, 0.1) is 0 Å². The molecule has 22 heavy (non-hydrogen) atoms. The second-order valence-corrected chi connectivity index (χ2v) is 5.24. The largest absolute Gasteiger partial charge is 0.484 e. The molecule has 116 valence electrons. The summed E-state index contributed by atoms with van der Waals surface area (Å²) in [6, 6.07) is 9.25. The van der Waals surface area contributed by atoms with Gasteiger partial charge in [0.25, 0.3) is 5.91 Å². The third kappa shape index (κ3) is 4.08. The molecular formula is C16H19N3O3. The molecule has 0 radical (unpaired) electrons. The molecule has 0 saturated carbocycles. The molecule has 2 heterocycles. The van der Waals surface area contributed by atoms with Crippen molar-refractivity contribution in [3.63, 3.8) is 0 Å². The lowest BCUT2D eigenvalue weighted by molar-refractivity contribution is -0.118. The van der Waals surface area contributed by atoms with E-state index in [-0.39, 0.29) is 18.6 Å². The molecule has 1 atom stereocenters. The van der Waals surface area contributed by atoms with Gasteiger partial charge in [-0.1, -0.05) is 18.2 Å². The van der Waals surface area contributed by atoms with Crippen molar-refractivity contribution in [3.8, 4) is 5.75 Å². The van der Waals surface area contributed by atoms with Crippen molar-refractivity contribution in [1.82, 2.24) is 9.78 Å². The summed E-state index contributed by atoms with van der Waals surface area (Å²) in [6.07, 6.45) is 5.83. The van der Waals surface area contributed by atoms with Crippen molar-refractivity contribution in [2.45, 2.75) is 25.5 Å². The second-order valence-electron chi connectivity index (χ2n) is 5.24. The number of nitrogens with one attached hydrogen (secondary N) is 1. The summed E-state index contributed by atoms with van der Waals surface area (Å²) in [5.41, 5.74) is 0.666. The Hall–Kier alpha value is -2.34. The number of anilines is 1. The number of carbonyl (C=O) groups is 1. The van der Waals surface area contributed by atoms with Gasteiger partial charge in [-0.15, -0.1) is 0 Å². The topological polar surface area (TPSA) is 65.4 Å². The number of para-hydroxylation sites is 1. The van der Waals surface area contributed by atoms with Gasteiger partial charge in [-0.25, -0.2) is 0 Å². The first-order valence-corrected chi connectivity index (χ1v) is 7.41. The van der Waals surface area contributed by atoms with E-state index in [0.29, 0.717) is 11.4 Å². The minimum Gasteiger partial charge on any atom is -0.484 e. The number of hydrogen-bond donors (Lipinski definition) is 1. The lowest BCUT2D eigenvalue weighted by Crippen LogP contribution is -2.20. The summed E-state index contributed by atoms with van der Waals surface area (Å²) < 4.78 is 12.8. The number of rotatable bonds is 6. The lowest BCUT2D eigenvalue weighted by Gasteiger charge is -2.08. The van der Waals surface area contributed by atoms with Crippen molar-refractivity contribution in [3.05, 3.63) is 42.7 Å². The molecule has 1 unspecified atom stereocenters. The minimum absolute atomic E-state index is 0.0269. The Balaban J connectivity index is 1.46. The van der Waals surface area contributed by atoms with Gasteiger partial charge in [0.2, 0.25) is 0 Å². The van der Waals surface area contributed by atoms with Crippen molar-refractivity contribution in [2.24, 2.45) is 0 Å². The zero-order valence-corrected chi connectivity index (χ0v) is 12.3. The van der Waals surface area contributed by atoms with E-state index >= 15 is 0 Å². The van der Waals surface area contributed by atoms with E-state index in [1.54, 1.807) is 10.9 Å². The first-order chi connectivity index (χ1) is 10.8. The monoisotopic (exact) mass is 301 g/mol. The van der Waals surface area contributed by atoms with E-state index in [9.17, 15) is 4.79 Å². The number of amides is 1. The average molecular weight is 301 g/mol. The molecule has 6 nitrogen and oxygen atoms in total. The van der Waals surface area contributed by atoms with Gasteiger partial charge in [-0.05, 0) is 25.0 Å². The fourth-order valence-electron chi connectivity index (χ4n) is 2.39. The van der Waals surface area contributed by atoms with Gasteiger partial charge < -0.3 is 14.8 Å². The number of ether oxygens (including phenoxy) is 2. The first kappa shape index (κ1) is 14.6. The highest BCUT2D eigenvalue weighted by molar-refractivity contribution is 5.91. The molecule has 1 aliphatic heterocycles. The van der Waals surface area contributed by atoms with Crippen LogP contribution in [0.1, 0.15) is 12.8 Å². The van der Waals surface area contributed by atoms with Crippen LogP contribution in [0.25, 0.3) is 0 Å². The van der Waals surface area contributed by atoms with Crippen LogP contribution in [0.5, 0.6) is 5.75 Å². The van der Waals surface area contributed by atoms with Gasteiger partial charge in [0.1, 0.15) is 5.75 Å². The molecule has 1 fully saturated rings. The van der Waals surface area contributed by atoms with E-state index in [1.807, 2.05) is 36.5 Å². The molecule has 1 saturated heterocycles. The Kier molecular flexibility index (Phi) is 4.70. The van der Waals surface area contributed by atoms with Crippen molar-refractivity contribution in [1.29, 1.82) is 0 Å². The molecule has 2 aromatic rings. The predicted octanol–water partition coefficient (Wildman–Crippen LogP) is 2.08. The van der Waals surface area contributed by atoms with Crippen LogP contribution in [0.3, 0.4) is 0 Å². The van der Waals surface area contributed by atoms with Gasteiger partial charge in [-0.3, -0.25) is 9.48 Å². The molecule has 1 aromatic heterocycles. The Morgan fingerprint density at radius 3 is 3.05 bits per heavy atom. The fraction of sp³-hybridized carbons (Fsp3) is 0.375. The van der Waals surface area contributed by atoms with Crippen LogP contribution >= 0.6 is 0 Å². The van der Waals surface area contributed by atoms with Crippen LogP contribution in [0.4, 0.5) is 5.69 Å². The molecule has 0 spiro atoms. The summed E-state index contributed by atoms with van der Waals surface area (Å²) in [5.74, 6) is 0.465. The van der Waals surface area contributed by atoms with Crippen molar-refractivity contribution in [2.75, 3.05) is 18.5 Å². The Labute approximate surface area is 129 Å². The van der Waals surface area contributed by atoms with Crippen LogP contribution in [0.2, 0.25) is 0 Å². The second kappa shape index (κ2) is 7.09. The number of carbonyl (C=O) groups excluding carboxylic acids is 1. The summed E-state index contributed by atoms with van der Waals surface area (Å²) in [4.78, 5) is 11.8. The highest BCUT2D eigenvalue weighted by atomic mass is 16.5. The molecule has 0 bridgehead atoms. The van der Waals surface area contributed by atoms with E-state index < -0.39 is 0 Å². The third-order valence-electron chi connectivity index (χ3n) is 3.44. The van der Waals surface area contributed by atoms with Gasteiger partial charge in [0.15, 0.2) is 6.61 Å². The van der Waals surface area contributed by atoms with Gasteiger partial charge in [-0.2, -0.15) is 5.10 Å². The molecule has 1 aromatic carbocycles. The molecule has 6 heteroatoms. The summed E-state index contributed by atoms with van der Waals surface area (Å²) in [5, 5.41) is 7.00. The van der Waals surface area contributed by atoms with Gasteiger partial charge >= 0.3 is 0 Å². The maximum absolute atomic E-state index is 11.8. The maximum Gasteiger partial charge on any atom is 0.262 e. The van der Waals surface area contributed by atoms with E-state index in [4.69, 9.17) is 9.47 Å². The average Bonchev–Trinajstić information content (AvgIpc) is 3.19. The summed E-state index contributed by atoms with van der Waals surface area (Å²) >= 11 is 0. The first-order valence-electron chi connectivity index (χ1n) is 7.41. The normalized spacial score (nSPS) is 17.4. The molecule has 1 amide bonds. The molecule has 1 aliphatic rings. The molecule has 0 aliphatic carbocycles. The van der Waals surface area contributed by atoms with E-state index in [0.717, 1.165) is 26.0 Å². The third-order valence-corrected chi connectivity index (χ3v) is 3.44. The Morgan fingerprint density at radius 2 is 2.27 bits per heavy atom. The van der Waals surface area contributed by atoms with Crippen LogP contribution in [-0.4, -0.2) is 35.0 Å². The maximum atomic E-state index is 11.8. The Morgan fingerprint density at radius 1 is 1.41 bits per heavy atom. The number of nitrogens with zero attached hydrogens (tertiary/aromatic N) is 2. The van der Waals surface area contributed by atoms with E-state index in [2.05, 4.69) is 10.4 Å². The SMILES string of the molecule is O=C(COc1ccccc1)Nc1cnn(CC2CCCO2)c1. The van der Waals surface area contributed by atoms with E-state index in [1.165, 1.54) is 0 Å². The van der Waals surface area contributed by atoms with Gasteiger partial charge in [0, 0.05) is 12.8 Å². The lowest BCUT2D eigenvalue weighted by atomic mass is 10.2. The molecule has 1 N–H and O–H groups in total. The van der Waals surface area contributed by atoms with Crippen molar-refractivity contribution >= 4 is 11.6 Å². The zero-order valence-electron chi connectivity index (χ0n) is 12.3.